The SMILES string of the molecule is CCCCS(=O)(=O)N1CCCC1Cc1c[nH]c2ccccc12. The van der Waals surface area contributed by atoms with Gasteiger partial charge in [0.2, 0.25) is 10.0 Å². The lowest BCUT2D eigenvalue weighted by Gasteiger charge is -2.24. The molecular formula is C17H24N2O2S. The van der Waals surface area contributed by atoms with Crippen molar-refractivity contribution in [2.45, 2.75) is 45.1 Å². The maximum atomic E-state index is 12.5. The average Bonchev–Trinajstić information content (AvgIpc) is 3.14. The summed E-state index contributed by atoms with van der Waals surface area (Å²) < 4.78 is 26.8. The van der Waals surface area contributed by atoms with E-state index in [1.807, 2.05) is 25.3 Å². The molecule has 1 unspecified atom stereocenters. The normalized spacial score (nSPS) is 20.0. The maximum Gasteiger partial charge on any atom is 0.214 e. The van der Waals surface area contributed by atoms with Crippen LogP contribution in [0.2, 0.25) is 0 Å². The molecule has 1 aliphatic heterocycles. The zero-order valence-electron chi connectivity index (χ0n) is 13.1. The third kappa shape index (κ3) is 3.06. The molecule has 1 aromatic carbocycles. The Morgan fingerprint density at radius 3 is 2.95 bits per heavy atom. The van der Waals surface area contributed by atoms with Crippen molar-refractivity contribution in [1.82, 2.24) is 9.29 Å². The smallest absolute Gasteiger partial charge is 0.214 e. The molecular weight excluding hydrogens is 296 g/mol. The quantitative estimate of drug-likeness (QED) is 0.888. The van der Waals surface area contributed by atoms with Crippen molar-refractivity contribution in [3.8, 4) is 0 Å². The third-order valence-electron chi connectivity index (χ3n) is 4.57. The topological polar surface area (TPSA) is 53.2 Å². The van der Waals surface area contributed by atoms with Gasteiger partial charge in [0.15, 0.2) is 0 Å². The molecule has 0 spiro atoms. The maximum absolute atomic E-state index is 12.5. The van der Waals surface area contributed by atoms with Crippen LogP contribution in [0, 0.1) is 0 Å². The summed E-state index contributed by atoms with van der Waals surface area (Å²) in [7, 11) is -3.10. The van der Waals surface area contributed by atoms with Gasteiger partial charge in [-0.15, -0.1) is 0 Å². The van der Waals surface area contributed by atoms with Crippen LogP contribution in [-0.2, 0) is 16.4 Å². The second-order valence-corrected chi connectivity index (χ2v) is 8.18. The van der Waals surface area contributed by atoms with Crippen LogP contribution in [0.5, 0.6) is 0 Å². The minimum Gasteiger partial charge on any atom is -0.361 e. The predicted molar refractivity (Wildman–Crippen MR) is 90.4 cm³/mol. The lowest BCUT2D eigenvalue weighted by molar-refractivity contribution is 0.385. The van der Waals surface area contributed by atoms with Gasteiger partial charge in [0.1, 0.15) is 0 Å². The van der Waals surface area contributed by atoms with Gasteiger partial charge in [-0.2, -0.15) is 4.31 Å². The number of sulfonamides is 1. The zero-order chi connectivity index (χ0) is 15.6. The first kappa shape index (κ1) is 15.6. The molecule has 1 fully saturated rings. The summed E-state index contributed by atoms with van der Waals surface area (Å²) in [6.07, 6.45) is 6.43. The first-order chi connectivity index (χ1) is 10.6. The molecule has 1 aliphatic rings. The van der Waals surface area contributed by atoms with Crippen LogP contribution < -0.4 is 0 Å². The predicted octanol–water partition coefficient (Wildman–Crippen LogP) is 3.30. The molecule has 4 nitrogen and oxygen atoms in total. The van der Waals surface area contributed by atoms with E-state index in [4.69, 9.17) is 0 Å². The Morgan fingerprint density at radius 2 is 2.14 bits per heavy atom. The highest BCUT2D eigenvalue weighted by atomic mass is 32.2. The van der Waals surface area contributed by atoms with E-state index >= 15 is 0 Å². The van der Waals surface area contributed by atoms with E-state index < -0.39 is 10.0 Å². The molecule has 0 amide bonds. The Hall–Kier alpha value is -1.33. The number of nitrogens with zero attached hydrogens (tertiary/aromatic N) is 1. The van der Waals surface area contributed by atoms with Crippen LogP contribution in [0.1, 0.15) is 38.2 Å². The van der Waals surface area contributed by atoms with Crippen molar-refractivity contribution < 1.29 is 8.42 Å². The number of benzene rings is 1. The van der Waals surface area contributed by atoms with E-state index in [1.54, 1.807) is 4.31 Å². The minimum absolute atomic E-state index is 0.112. The number of para-hydroxylation sites is 1. The third-order valence-corrected chi connectivity index (χ3v) is 6.57. The Morgan fingerprint density at radius 1 is 1.32 bits per heavy atom. The summed E-state index contributed by atoms with van der Waals surface area (Å²) >= 11 is 0. The second kappa shape index (κ2) is 6.42. The number of fused-ring (bicyclic) bond motifs is 1. The van der Waals surface area contributed by atoms with Crippen molar-refractivity contribution in [3.05, 3.63) is 36.0 Å². The number of H-pyrrole nitrogens is 1. The molecule has 1 saturated heterocycles. The highest BCUT2D eigenvalue weighted by Crippen LogP contribution is 2.27. The number of rotatable bonds is 6. The molecule has 5 heteroatoms. The van der Waals surface area contributed by atoms with Gasteiger partial charge in [-0.25, -0.2) is 8.42 Å². The molecule has 2 heterocycles. The van der Waals surface area contributed by atoms with Crippen LogP contribution in [0.3, 0.4) is 0 Å². The number of hydrogen-bond acceptors (Lipinski definition) is 2. The molecule has 0 saturated carbocycles. The van der Waals surface area contributed by atoms with Crippen molar-refractivity contribution in [2.24, 2.45) is 0 Å². The van der Waals surface area contributed by atoms with Crippen LogP contribution >= 0.6 is 0 Å². The van der Waals surface area contributed by atoms with Crippen LogP contribution in [-0.4, -0.2) is 36.0 Å². The first-order valence-corrected chi connectivity index (χ1v) is 9.77. The number of hydrogen-bond donors (Lipinski definition) is 1. The molecule has 2 aromatic rings. The lowest BCUT2D eigenvalue weighted by Crippen LogP contribution is -2.38. The van der Waals surface area contributed by atoms with Crippen LogP contribution in [0.15, 0.2) is 30.5 Å². The molecule has 22 heavy (non-hydrogen) atoms. The molecule has 1 N–H and O–H groups in total. The summed E-state index contributed by atoms with van der Waals surface area (Å²) in [4.78, 5) is 3.28. The number of unbranched alkanes of at least 4 members (excludes halogenated alkanes) is 1. The summed E-state index contributed by atoms with van der Waals surface area (Å²) in [5.74, 6) is 0.286. The number of aromatic amines is 1. The van der Waals surface area contributed by atoms with E-state index in [1.165, 1.54) is 10.9 Å². The van der Waals surface area contributed by atoms with Gasteiger partial charge in [-0.3, -0.25) is 0 Å². The van der Waals surface area contributed by atoms with E-state index in [0.29, 0.717) is 6.54 Å². The van der Waals surface area contributed by atoms with Crippen molar-refractivity contribution in [1.29, 1.82) is 0 Å². The highest BCUT2D eigenvalue weighted by molar-refractivity contribution is 7.89. The molecule has 3 rings (SSSR count). The van der Waals surface area contributed by atoms with Crippen LogP contribution in [0.4, 0.5) is 0 Å². The van der Waals surface area contributed by atoms with Gasteiger partial charge in [-0.05, 0) is 37.3 Å². The largest absolute Gasteiger partial charge is 0.361 e. The molecule has 0 aliphatic carbocycles. The Labute approximate surface area is 132 Å². The second-order valence-electron chi connectivity index (χ2n) is 6.14. The summed E-state index contributed by atoms with van der Waals surface area (Å²) in [5.41, 5.74) is 2.34. The van der Waals surface area contributed by atoms with Gasteiger partial charge in [0.05, 0.1) is 5.75 Å². The Kier molecular flexibility index (Phi) is 4.54. The average molecular weight is 320 g/mol. The van der Waals surface area contributed by atoms with E-state index in [9.17, 15) is 8.42 Å². The highest BCUT2D eigenvalue weighted by Gasteiger charge is 2.33. The van der Waals surface area contributed by atoms with Crippen molar-refractivity contribution in [3.63, 3.8) is 0 Å². The van der Waals surface area contributed by atoms with E-state index in [-0.39, 0.29) is 11.8 Å². The van der Waals surface area contributed by atoms with Crippen LogP contribution in [0.25, 0.3) is 10.9 Å². The standard InChI is InChI=1S/C17H24N2O2S/c1-2-3-11-22(20,21)19-10-6-7-15(19)12-14-13-18-17-9-5-4-8-16(14)17/h4-5,8-9,13,15,18H,2-3,6-7,10-12H2,1H3. The monoisotopic (exact) mass is 320 g/mol. The summed E-state index contributed by atoms with van der Waals surface area (Å²) in [6, 6.07) is 8.32. The Balaban J connectivity index is 1.79. The summed E-state index contributed by atoms with van der Waals surface area (Å²) in [5, 5.41) is 1.21. The number of nitrogens with one attached hydrogen (secondary N) is 1. The van der Waals surface area contributed by atoms with Gasteiger partial charge in [-0.1, -0.05) is 31.5 Å². The van der Waals surface area contributed by atoms with Crippen molar-refractivity contribution >= 4 is 20.9 Å². The van der Waals surface area contributed by atoms with Gasteiger partial charge in [0, 0.05) is 29.7 Å². The minimum atomic E-state index is -3.10. The summed E-state index contributed by atoms with van der Waals surface area (Å²) in [6.45, 7) is 2.71. The van der Waals surface area contributed by atoms with Gasteiger partial charge < -0.3 is 4.98 Å². The van der Waals surface area contributed by atoms with E-state index in [2.05, 4.69) is 17.1 Å². The van der Waals surface area contributed by atoms with Gasteiger partial charge >= 0.3 is 0 Å². The fourth-order valence-electron chi connectivity index (χ4n) is 3.38. The van der Waals surface area contributed by atoms with Crippen molar-refractivity contribution in [2.75, 3.05) is 12.3 Å². The zero-order valence-corrected chi connectivity index (χ0v) is 13.9. The molecule has 1 atom stereocenters. The fourth-order valence-corrected chi connectivity index (χ4v) is 5.31. The molecule has 0 bridgehead atoms. The molecule has 0 radical (unpaired) electrons. The number of aromatic nitrogens is 1. The first-order valence-electron chi connectivity index (χ1n) is 8.16. The lowest BCUT2D eigenvalue weighted by atomic mass is 10.0. The molecule has 1 aromatic heterocycles. The van der Waals surface area contributed by atoms with Gasteiger partial charge in [0.25, 0.3) is 0 Å². The Bertz CT molecular complexity index is 736. The molecule has 120 valence electrons. The van der Waals surface area contributed by atoms with E-state index in [0.717, 1.165) is 37.6 Å². The fraction of sp³-hybridized carbons (Fsp3) is 0.529.